The number of hydrogen-bond acceptors (Lipinski definition) is 6. The fourth-order valence-corrected chi connectivity index (χ4v) is 8.44. The first-order valence-corrected chi connectivity index (χ1v) is 18.1. The summed E-state index contributed by atoms with van der Waals surface area (Å²) in [6.45, 7) is 8.76. The summed E-state index contributed by atoms with van der Waals surface area (Å²) < 4.78 is 21.9. The lowest BCUT2D eigenvalue weighted by atomic mass is 9.63. The Hall–Kier alpha value is -4.64. The Labute approximate surface area is 318 Å². The van der Waals surface area contributed by atoms with Gasteiger partial charge in [-0.25, -0.2) is 9.18 Å². The predicted molar refractivity (Wildman–Crippen MR) is 204 cm³/mol. The van der Waals surface area contributed by atoms with Crippen LogP contribution in [0, 0.1) is 11.2 Å². The minimum Gasteiger partial charge on any atom is -0.495 e. The second kappa shape index (κ2) is 14.6. The summed E-state index contributed by atoms with van der Waals surface area (Å²) in [5, 5.41) is 26.3. The number of carboxylic acids is 2. The number of halogens is 3. The highest BCUT2D eigenvalue weighted by molar-refractivity contribution is 6.31. The average molecular weight is 763 g/mol. The maximum absolute atomic E-state index is 16.5. The molecule has 4 aromatic rings. The highest BCUT2D eigenvalue weighted by Gasteiger charge is 2.63. The smallest absolute Gasteiger partial charge is 0.335 e. The molecule has 1 saturated heterocycles. The van der Waals surface area contributed by atoms with E-state index < -0.39 is 47.0 Å². The van der Waals surface area contributed by atoms with E-state index in [0.717, 1.165) is 16.8 Å². The van der Waals surface area contributed by atoms with E-state index in [1.807, 2.05) is 36.4 Å². The van der Waals surface area contributed by atoms with Crippen LogP contribution in [0.25, 0.3) is 0 Å². The number of carboxylic acid groups (broad SMARTS) is 2. The second-order valence-corrected chi connectivity index (χ2v) is 16.0. The van der Waals surface area contributed by atoms with Gasteiger partial charge in [-0.1, -0.05) is 86.4 Å². The molecule has 1 spiro atoms. The number of fused-ring (bicyclic) bond motifs is 2. The van der Waals surface area contributed by atoms with Gasteiger partial charge in [-0.05, 0) is 77.4 Å². The molecule has 2 heterocycles. The van der Waals surface area contributed by atoms with Crippen molar-refractivity contribution in [3.05, 3.63) is 123 Å². The van der Waals surface area contributed by atoms with Gasteiger partial charge in [0.2, 0.25) is 5.91 Å². The third kappa shape index (κ3) is 7.32. The van der Waals surface area contributed by atoms with Crippen molar-refractivity contribution in [1.82, 2.24) is 5.32 Å². The normalized spacial score (nSPS) is 21.4. The van der Waals surface area contributed by atoms with Crippen molar-refractivity contribution < 1.29 is 33.7 Å². The Bertz CT molecular complexity index is 2090. The molecule has 6 rings (SSSR count). The Morgan fingerprint density at radius 1 is 1.04 bits per heavy atom. The standard InChI is InChI=1S/C41H42Cl2FN3O6/c1-22(38(49)50)24-9-6-8-23(16-24)20-47-21-41(28-14-13-26(42)18-31(28)47)33(19-40(2,3)4)46-36(34(41)27-10-7-11-29(43)35(27)44)37(48)45-30-15-12-25(39(51)52)17-32(30)53-5/h6-18,22,33-34,36,46H,19-21H2,1-5H3,(H,45,48)(H,49,50)(H,51,52)/t22?,33?,34-,36+,41-/m0/s1. The molecule has 5 atom stereocenters. The van der Waals surface area contributed by atoms with E-state index in [1.165, 1.54) is 31.4 Å². The topological polar surface area (TPSA) is 128 Å². The lowest BCUT2D eigenvalue weighted by molar-refractivity contribution is -0.138. The van der Waals surface area contributed by atoms with Crippen molar-refractivity contribution in [3.8, 4) is 5.75 Å². The summed E-state index contributed by atoms with van der Waals surface area (Å²) in [7, 11) is 1.39. The first-order valence-electron chi connectivity index (χ1n) is 17.3. The first kappa shape index (κ1) is 38.1. The molecule has 0 bridgehead atoms. The van der Waals surface area contributed by atoms with Gasteiger partial charge in [0.1, 0.15) is 11.6 Å². The summed E-state index contributed by atoms with van der Waals surface area (Å²) in [6.07, 6.45) is 0.605. The quantitative estimate of drug-likeness (QED) is 0.127. The molecule has 0 saturated carbocycles. The van der Waals surface area contributed by atoms with E-state index >= 15 is 4.39 Å². The van der Waals surface area contributed by atoms with Crippen LogP contribution in [-0.4, -0.2) is 53.8 Å². The van der Waals surface area contributed by atoms with Crippen molar-refractivity contribution in [2.45, 2.75) is 70.0 Å². The minimum atomic E-state index is -1.14. The van der Waals surface area contributed by atoms with Gasteiger partial charge in [0, 0.05) is 41.2 Å². The van der Waals surface area contributed by atoms with Crippen LogP contribution in [0.4, 0.5) is 15.8 Å². The SMILES string of the molecule is COc1cc(C(=O)O)ccc1NC(=O)[C@@H]1NC(CC(C)(C)C)[C@@]2(CN(Cc3cccc(C(C)C(=O)O)c3)c3cc(Cl)ccc32)[C@H]1c1cccc(Cl)c1F. The van der Waals surface area contributed by atoms with E-state index in [9.17, 15) is 24.6 Å². The fourth-order valence-electron chi connectivity index (χ4n) is 8.09. The number of nitrogens with one attached hydrogen (secondary N) is 2. The average Bonchev–Trinajstić information content (AvgIpc) is 3.58. The van der Waals surface area contributed by atoms with E-state index in [0.29, 0.717) is 30.1 Å². The fraction of sp³-hybridized carbons (Fsp3) is 0.341. The van der Waals surface area contributed by atoms with Crippen molar-refractivity contribution in [2.24, 2.45) is 5.41 Å². The molecule has 4 N–H and O–H groups in total. The van der Waals surface area contributed by atoms with Crippen LogP contribution < -0.4 is 20.3 Å². The van der Waals surface area contributed by atoms with Gasteiger partial charge in [-0.2, -0.15) is 0 Å². The monoisotopic (exact) mass is 761 g/mol. The van der Waals surface area contributed by atoms with Crippen molar-refractivity contribution in [2.75, 3.05) is 23.9 Å². The Balaban J connectivity index is 1.52. The molecule has 12 heteroatoms. The number of benzene rings is 4. The largest absolute Gasteiger partial charge is 0.495 e. The van der Waals surface area contributed by atoms with Crippen LogP contribution >= 0.6 is 23.2 Å². The van der Waals surface area contributed by atoms with Gasteiger partial charge >= 0.3 is 11.9 Å². The number of amides is 1. The first-order chi connectivity index (χ1) is 25.0. The predicted octanol–water partition coefficient (Wildman–Crippen LogP) is 8.48. The third-order valence-electron chi connectivity index (χ3n) is 10.5. The number of carbonyl (C=O) groups excluding carboxylic acids is 1. The van der Waals surface area contributed by atoms with E-state index in [1.54, 1.807) is 25.1 Å². The molecule has 4 aromatic carbocycles. The number of rotatable bonds is 10. The van der Waals surface area contributed by atoms with Crippen LogP contribution in [0.1, 0.15) is 78.6 Å². The molecule has 0 aliphatic carbocycles. The molecule has 2 aliphatic heterocycles. The number of anilines is 2. The summed E-state index contributed by atoms with van der Waals surface area (Å²) >= 11 is 13.1. The van der Waals surface area contributed by atoms with Crippen LogP contribution in [0.5, 0.6) is 5.75 Å². The summed E-state index contributed by atoms with van der Waals surface area (Å²) in [5.74, 6) is -4.49. The molecule has 2 aliphatic rings. The zero-order valence-electron chi connectivity index (χ0n) is 30.0. The molecule has 53 heavy (non-hydrogen) atoms. The van der Waals surface area contributed by atoms with Crippen molar-refractivity contribution in [3.63, 3.8) is 0 Å². The summed E-state index contributed by atoms with van der Waals surface area (Å²) in [4.78, 5) is 40.3. The summed E-state index contributed by atoms with van der Waals surface area (Å²) in [5.41, 5.74) is 2.67. The number of methoxy groups -OCH3 is 1. The van der Waals surface area contributed by atoms with Gasteiger partial charge in [0.15, 0.2) is 0 Å². The van der Waals surface area contributed by atoms with E-state index in [-0.39, 0.29) is 39.0 Å². The maximum atomic E-state index is 16.5. The van der Waals surface area contributed by atoms with E-state index in [2.05, 4.69) is 36.3 Å². The molecule has 2 unspecified atom stereocenters. The van der Waals surface area contributed by atoms with Gasteiger partial charge < -0.3 is 30.5 Å². The lowest BCUT2D eigenvalue weighted by Gasteiger charge is -2.40. The van der Waals surface area contributed by atoms with Crippen LogP contribution in [0.3, 0.4) is 0 Å². The number of hydrogen-bond donors (Lipinski definition) is 4. The number of ether oxygens (including phenoxy) is 1. The molecule has 9 nitrogen and oxygen atoms in total. The van der Waals surface area contributed by atoms with Gasteiger partial charge in [-0.3, -0.25) is 9.59 Å². The Morgan fingerprint density at radius 3 is 2.45 bits per heavy atom. The number of aliphatic carboxylic acids is 1. The van der Waals surface area contributed by atoms with Crippen LogP contribution in [-0.2, 0) is 21.5 Å². The van der Waals surface area contributed by atoms with Crippen LogP contribution in [0.2, 0.25) is 10.0 Å². The summed E-state index contributed by atoms with van der Waals surface area (Å²) in [6, 6.07) is 20.8. The van der Waals surface area contributed by atoms with Gasteiger partial charge in [0.25, 0.3) is 0 Å². The Morgan fingerprint density at radius 2 is 1.77 bits per heavy atom. The Kier molecular flexibility index (Phi) is 10.5. The highest BCUT2D eigenvalue weighted by Crippen LogP contribution is 2.58. The molecular weight excluding hydrogens is 720 g/mol. The molecule has 1 amide bonds. The third-order valence-corrected chi connectivity index (χ3v) is 11.0. The lowest BCUT2D eigenvalue weighted by Crippen LogP contribution is -2.48. The zero-order chi connectivity index (χ0) is 38.4. The minimum absolute atomic E-state index is 0.00817. The molecular formula is C41H42Cl2FN3O6. The molecule has 0 radical (unpaired) electrons. The molecule has 0 aromatic heterocycles. The molecule has 1 fully saturated rings. The second-order valence-electron chi connectivity index (χ2n) is 15.2. The van der Waals surface area contributed by atoms with E-state index in [4.69, 9.17) is 27.9 Å². The molecule has 278 valence electrons. The van der Waals surface area contributed by atoms with Gasteiger partial charge in [0.05, 0.1) is 35.3 Å². The van der Waals surface area contributed by atoms with Crippen LogP contribution in [0.15, 0.2) is 78.9 Å². The number of carbonyl (C=O) groups is 3. The zero-order valence-corrected chi connectivity index (χ0v) is 31.6. The van der Waals surface area contributed by atoms with Crippen molar-refractivity contribution in [1.29, 1.82) is 0 Å². The van der Waals surface area contributed by atoms with Crippen molar-refractivity contribution >= 4 is 52.4 Å². The number of aromatic carboxylic acids is 1. The maximum Gasteiger partial charge on any atom is 0.335 e. The highest BCUT2D eigenvalue weighted by atomic mass is 35.5. The number of nitrogens with zero attached hydrogens (tertiary/aromatic N) is 1. The van der Waals surface area contributed by atoms with Gasteiger partial charge in [-0.15, -0.1) is 0 Å².